The predicted molar refractivity (Wildman–Crippen MR) is 33.5 cm³/mol. The van der Waals surface area contributed by atoms with Gasteiger partial charge in [0.15, 0.2) is 0 Å². The van der Waals surface area contributed by atoms with E-state index in [1.54, 1.807) is 0 Å². The van der Waals surface area contributed by atoms with E-state index in [2.05, 4.69) is 20.0 Å². The van der Waals surface area contributed by atoms with E-state index in [9.17, 15) is 0 Å². The maximum absolute atomic E-state index is 8.42. The quantitative estimate of drug-likeness (QED) is 0.322. The van der Waals surface area contributed by atoms with Crippen LogP contribution in [-0.4, -0.2) is 31.0 Å². The third kappa shape index (κ3) is 0.585. The molecule has 0 N–H and O–H groups in total. The van der Waals surface area contributed by atoms with E-state index in [1.807, 2.05) is 0 Å². The molecule has 0 aliphatic carbocycles. The minimum Gasteiger partial charge on any atom is -0.759 e. The van der Waals surface area contributed by atoms with Crippen LogP contribution in [0.5, 0.6) is 0 Å². The molecular weight excluding hydrogens is 100 g/mol. The molecule has 0 amide bonds. The van der Waals surface area contributed by atoms with Crippen molar-refractivity contribution in [2.45, 2.75) is 6.42 Å². The molecule has 0 aromatic rings. The SMILES string of the molecule is C[N+]1(C)CCC1=C=[N-]. The molecule has 0 unspecified atom stereocenters. The molecule has 0 radical (unpaired) electrons. The first-order valence-corrected chi connectivity index (χ1v) is 2.76. The first-order chi connectivity index (χ1) is 3.67. The Labute approximate surface area is 49.5 Å². The van der Waals surface area contributed by atoms with Gasteiger partial charge in [0.05, 0.1) is 27.1 Å². The number of hydrogen-bond donors (Lipinski definition) is 0. The molecule has 1 heterocycles. The zero-order valence-corrected chi connectivity index (χ0v) is 5.31. The van der Waals surface area contributed by atoms with Gasteiger partial charge in [-0.2, -0.15) is 0 Å². The van der Waals surface area contributed by atoms with Gasteiger partial charge >= 0.3 is 0 Å². The Kier molecular flexibility index (Phi) is 0.999. The lowest BCUT2D eigenvalue weighted by molar-refractivity contribution is -0.884. The third-order valence-electron chi connectivity index (χ3n) is 1.77. The molecule has 2 heteroatoms. The summed E-state index contributed by atoms with van der Waals surface area (Å²) in [7, 11) is 4.12. The summed E-state index contributed by atoms with van der Waals surface area (Å²) in [5, 5.41) is 8.42. The molecule has 0 saturated carbocycles. The molecule has 1 rings (SSSR count). The van der Waals surface area contributed by atoms with Crippen LogP contribution in [-0.2, 0) is 0 Å². The van der Waals surface area contributed by atoms with E-state index >= 15 is 0 Å². The number of quaternary nitrogens is 1. The van der Waals surface area contributed by atoms with E-state index in [1.165, 1.54) is 0 Å². The summed E-state index contributed by atoms with van der Waals surface area (Å²) in [4.78, 5) is 0. The first kappa shape index (κ1) is 5.54. The summed E-state index contributed by atoms with van der Waals surface area (Å²) < 4.78 is 0.816. The Bertz CT molecular complexity index is 152. The Hall–Kier alpha value is -0.590. The van der Waals surface area contributed by atoms with E-state index in [0.29, 0.717) is 0 Å². The van der Waals surface area contributed by atoms with Gasteiger partial charge < -0.3 is 5.41 Å². The smallest absolute Gasteiger partial charge is 0.134 e. The van der Waals surface area contributed by atoms with Crippen LogP contribution >= 0.6 is 0 Å². The average Bonchev–Trinajstić information content (AvgIpc) is 1.66. The first-order valence-electron chi connectivity index (χ1n) is 2.76. The van der Waals surface area contributed by atoms with Gasteiger partial charge in [0.2, 0.25) is 0 Å². The molecule has 1 aliphatic rings. The molecule has 0 spiro atoms. The fourth-order valence-corrected chi connectivity index (χ4v) is 0.862. The summed E-state index contributed by atoms with van der Waals surface area (Å²) in [6, 6.07) is 0. The fraction of sp³-hybridized carbons (Fsp3) is 0.667. The van der Waals surface area contributed by atoms with E-state index in [0.717, 1.165) is 23.1 Å². The van der Waals surface area contributed by atoms with Crippen LogP contribution < -0.4 is 0 Å². The van der Waals surface area contributed by atoms with Crippen LogP contribution in [0.2, 0.25) is 0 Å². The average molecular weight is 110 g/mol. The van der Waals surface area contributed by atoms with Crippen molar-refractivity contribution >= 4 is 5.87 Å². The molecule has 0 atom stereocenters. The van der Waals surface area contributed by atoms with Gasteiger partial charge in [0, 0.05) is 0 Å². The van der Waals surface area contributed by atoms with Crippen LogP contribution in [0, 0.1) is 0 Å². The Morgan fingerprint density at radius 2 is 2.25 bits per heavy atom. The minimum absolute atomic E-state index is 0.816. The summed E-state index contributed by atoms with van der Waals surface area (Å²) in [5.74, 6) is 2.18. The van der Waals surface area contributed by atoms with Crippen LogP contribution in [0.15, 0.2) is 5.70 Å². The summed E-state index contributed by atoms with van der Waals surface area (Å²) in [6.45, 7) is 1.13. The molecule has 2 nitrogen and oxygen atoms in total. The van der Waals surface area contributed by atoms with Crippen molar-refractivity contribution in [2.24, 2.45) is 0 Å². The van der Waals surface area contributed by atoms with Crippen molar-refractivity contribution in [3.8, 4) is 0 Å². The Balaban J connectivity index is 2.78. The zero-order chi connectivity index (χ0) is 6.20. The van der Waals surface area contributed by atoms with Gasteiger partial charge in [-0.15, -0.1) is 0 Å². The monoisotopic (exact) mass is 110 g/mol. The zero-order valence-electron chi connectivity index (χ0n) is 5.31. The molecule has 1 fully saturated rings. The number of hydrogen-bond acceptors (Lipinski definition) is 0. The molecule has 1 aliphatic heterocycles. The summed E-state index contributed by atoms with van der Waals surface area (Å²) >= 11 is 0. The van der Waals surface area contributed by atoms with Gasteiger partial charge in [-0.05, 0) is 0 Å². The van der Waals surface area contributed by atoms with Gasteiger partial charge in [-0.25, -0.2) is 5.87 Å². The van der Waals surface area contributed by atoms with Crippen LogP contribution in [0.1, 0.15) is 6.42 Å². The minimum atomic E-state index is 0.816. The normalized spacial score (nSPS) is 24.0. The highest BCUT2D eigenvalue weighted by Crippen LogP contribution is 2.23. The number of rotatable bonds is 0. The third-order valence-corrected chi connectivity index (χ3v) is 1.77. The van der Waals surface area contributed by atoms with E-state index in [4.69, 9.17) is 5.41 Å². The number of likely N-dealkylation sites (tertiary alicyclic amines) is 1. The molecule has 1 saturated heterocycles. The second-order valence-corrected chi connectivity index (χ2v) is 2.72. The van der Waals surface area contributed by atoms with Gasteiger partial charge in [-0.1, -0.05) is 0 Å². The maximum atomic E-state index is 8.42. The maximum Gasteiger partial charge on any atom is 0.134 e. The molecule has 0 aromatic heterocycles. The van der Waals surface area contributed by atoms with Crippen molar-refractivity contribution in [3.63, 3.8) is 0 Å². The Morgan fingerprint density at radius 1 is 1.62 bits per heavy atom. The van der Waals surface area contributed by atoms with E-state index < -0.39 is 0 Å². The lowest BCUT2D eigenvalue weighted by Crippen LogP contribution is -2.48. The highest BCUT2D eigenvalue weighted by Gasteiger charge is 2.31. The second-order valence-electron chi connectivity index (χ2n) is 2.72. The van der Waals surface area contributed by atoms with Gasteiger partial charge in [0.1, 0.15) is 5.70 Å². The van der Waals surface area contributed by atoms with E-state index in [-0.39, 0.29) is 0 Å². The van der Waals surface area contributed by atoms with Crippen molar-refractivity contribution in [1.29, 1.82) is 0 Å². The predicted octanol–water partition coefficient (Wildman–Crippen LogP) is 0.589. The van der Waals surface area contributed by atoms with Crippen molar-refractivity contribution < 1.29 is 4.48 Å². The standard InChI is InChI=1S/C6H10N2/c1-8(2)4-3-6(8)5-7/h3-4H2,1-2H3. The highest BCUT2D eigenvalue weighted by molar-refractivity contribution is 5.59. The molecule has 8 heavy (non-hydrogen) atoms. The molecule has 0 bridgehead atoms. The molecule has 0 aromatic carbocycles. The molecule has 44 valence electrons. The lowest BCUT2D eigenvalue weighted by Gasteiger charge is -2.39. The van der Waals surface area contributed by atoms with Crippen LogP contribution in [0.3, 0.4) is 0 Å². The van der Waals surface area contributed by atoms with Crippen molar-refractivity contribution in [3.05, 3.63) is 11.1 Å². The van der Waals surface area contributed by atoms with Gasteiger partial charge in [0.25, 0.3) is 0 Å². The largest absolute Gasteiger partial charge is 0.759 e. The van der Waals surface area contributed by atoms with Crippen molar-refractivity contribution in [1.82, 2.24) is 0 Å². The second kappa shape index (κ2) is 1.44. The summed E-state index contributed by atoms with van der Waals surface area (Å²) in [5.41, 5.74) is 1.00. The van der Waals surface area contributed by atoms with Crippen molar-refractivity contribution in [2.75, 3.05) is 20.6 Å². The fourth-order valence-electron chi connectivity index (χ4n) is 0.862. The summed E-state index contributed by atoms with van der Waals surface area (Å²) in [6.07, 6.45) is 1.00. The highest BCUT2D eigenvalue weighted by atomic mass is 15.4. The topological polar surface area (TPSA) is 22.3 Å². The van der Waals surface area contributed by atoms with Crippen LogP contribution in [0.25, 0.3) is 5.41 Å². The number of nitrogens with zero attached hydrogens (tertiary/aromatic N) is 2. The van der Waals surface area contributed by atoms with Gasteiger partial charge in [-0.3, -0.25) is 4.48 Å². The Morgan fingerprint density at radius 3 is 2.25 bits per heavy atom. The van der Waals surface area contributed by atoms with Crippen LogP contribution in [0.4, 0.5) is 0 Å². The molecular formula is C6H10N2. The lowest BCUT2D eigenvalue weighted by atomic mass is 10.1.